The van der Waals surface area contributed by atoms with E-state index in [-0.39, 0.29) is 13.2 Å². The molecular weight excluding hydrogens is 160 g/mol. The molecule has 0 aliphatic rings. The van der Waals surface area contributed by atoms with Crippen LogP contribution >= 0.6 is 0 Å². The normalized spacial score (nSPS) is 8.73. The standard InChI is InChI=1S/C3H5N2O6/c6-4(7)10-2-1-3-11-5(8)9/h1H,2-3H2. The monoisotopic (exact) mass is 165 g/mol. The van der Waals surface area contributed by atoms with E-state index >= 15 is 0 Å². The topological polar surface area (TPSA) is 105 Å². The lowest BCUT2D eigenvalue weighted by Crippen LogP contribution is -2.08. The first-order valence-electron chi connectivity index (χ1n) is 2.49. The predicted octanol–water partition coefficient (Wildman–Crippen LogP) is -0.393. The molecule has 0 unspecified atom stereocenters. The van der Waals surface area contributed by atoms with E-state index in [1.54, 1.807) is 0 Å². The molecule has 63 valence electrons. The lowest BCUT2D eigenvalue weighted by Gasteiger charge is -1.96. The van der Waals surface area contributed by atoms with E-state index < -0.39 is 10.2 Å². The largest absolute Gasteiger partial charge is 0.314 e. The highest BCUT2D eigenvalue weighted by Crippen LogP contribution is 1.83. The molecule has 0 fully saturated rings. The molecule has 0 aliphatic carbocycles. The summed E-state index contributed by atoms with van der Waals surface area (Å²) in [5, 5.41) is 17.0. The Balaban J connectivity index is 3.03. The number of hydrogen-bond acceptors (Lipinski definition) is 6. The van der Waals surface area contributed by atoms with Crippen LogP contribution in [0.25, 0.3) is 0 Å². The van der Waals surface area contributed by atoms with Gasteiger partial charge in [0.15, 0.2) is 0 Å². The molecule has 11 heavy (non-hydrogen) atoms. The first-order valence-corrected chi connectivity index (χ1v) is 2.49. The fourth-order valence-corrected chi connectivity index (χ4v) is 0.275. The van der Waals surface area contributed by atoms with E-state index in [9.17, 15) is 20.2 Å². The molecule has 0 amide bonds. The van der Waals surface area contributed by atoms with Crippen molar-refractivity contribution in [2.75, 3.05) is 13.2 Å². The van der Waals surface area contributed by atoms with Gasteiger partial charge in [-0.15, -0.1) is 20.2 Å². The van der Waals surface area contributed by atoms with Crippen molar-refractivity contribution in [1.29, 1.82) is 0 Å². The van der Waals surface area contributed by atoms with E-state index in [4.69, 9.17) is 0 Å². The van der Waals surface area contributed by atoms with Crippen molar-refractivity contribution in [1.82, 2.24) is 0 Å². The van der Waals surface area contributed by atoms with Crippen LogP contribution in [0.2, 0.25) is 0 Å². The molecule has 0 saturated carbocycles. The average molecular weight is 165 g/mol. The van der Waals surface area contributed by atoms with Gasteiger partial charge in [0, 0.05) is 6.42 Å². The molecule has 0 rings (SSSR count). The maximum absolute atomic E-state index is 9.48. The first-order chi connectivity index (χ1) is 5.13. The van der Waals surface area contributed by atoms with Gasteiger partial charge in [0.1, 0.15) is 13.2 Å². The summed E-state index contributed by atoms with van der Waals surface area (Å²) in [5.74, 6) is 0. The minimum Gasteiger partial charge on any atom is -0.314 e. The summed E-state index contributed by atoms with van der Waals surface area (Å²) in [6, 6.07) is 0. The zero-order valence-corrected chi connectivity index (χ0v) is 5.34. The van der Waals surface area contributed by atoms with Crippen molar-refractivity contribution >= 4 is 0 Å². The molecule has 0 atom stereocenters. The van der Waals surface area contributed by atoms with Gasteiger partial charge in [-0.25, -0.2) is 0 Å². The average Bonchev–Trinajstić information content (AvgIpc) is 1.85. The molecule has 8 heteroatoms. The molecular formula is C3H5N2O6. The van der Waals surface area contributed by atoms with Gasteiger partial charge in [0.05, 0.1) is 0 Å². The summed E-state index contributed by atoms with van der Waals surface area (Å²) in [5.41, 5.74) is 0. The van der Waals surface area contributed by atoms with Gasteiger partial charge < -0.3 is 9.68 Å². The third-order valence-electron chi connectivity index (χ3n) is 0.596. The van der Waals surface area contributed by atoms with Crippen molar-refractivity contribution in [2.45, 2.75) is 0 Å². The Morgan fingerprint density at radius 2 is 1.45 bits per heavy atom. The fourth-order valence-electron chi connectivity index (χ4n) is 0.275. The van der Waals surface area contributed by atoms with Gasteiger partial charge in [0.2, 0.25) is 0 Å². The minimum absolute atomic E-state index is 0.319. The summed E-state index contributed by atoms with van der Waals surface area (Å²) in [7, 11) is 0. The summed E-state index contributed by atoms with van der Waals surface area (Å²) >= 11 is 0. The molecule has 0 aromatic carbocycles. The highest BCUT2D eigenvalue weighted by atomic mass is 17.0. The maximum Gasteiger partial charge on any atom is 0.294 e. The molecule has 0 aliphatic heterocycles. The first kappa shape index (κ1) is 9.40. The molecule has 0 bridgehead atoms. The van der Waals surface area contributed by atoms with Gasteiger partial charge in [-0.2, -0.15) is 0 Å². The SMILES string of the molecule is O=[N+]([O-])OC[CH]CO[N+](=O)[O-]. The van der Waals surface area contributed by atoms with Crippen LogP contribution in [0.3, 0.4) is 0 Å². The highest BCUT2D eigenvalue weighted by Gasteiger charge is 1.96. The lowest BCUT2D eigenvalue weighted by molar-refractivity contribution is -0.762. The van der Waals surface area contributed by atoms with Crippen LogP contribution in [0.1, 0.15) is 0 Å². The van der Waals surface area contributed by atoms with Crippen LogP contribution in [0.5, 0.6) is 0 Å². The van der Waals surface area contributed by atoms with E-state index in [0.717, 1.165) is 6.42 Å². The number of rotatable bonds is 6. The van der Waals surface area contributed by atoms with E-state index in [2.05, 4.69) is 9.68 Å². The van der Waals surface area contributed by atoms with E-state index in [1.165, 1.54) is 0 Å². The third-order valence-corrected chi connectivity index (χ3v) is 0.596. The Labute approximate surface area is 60.9 Å². The van der Waals surface area contributed by atoms with Gasteiger partial charge in [-0.1, -0.05) is 0 Å². The zero-order valence-electron chi connectivity index (χ0n) is 5.34. The van der Waals surface area contributed by atoms with Gasteiger partial charge in [-0.3, -0.25) is 0 Å². The molecule has 0 N–H and O–H groups in total. The molecule has 0 saturated heterocycles. The second kappa shape index (κ2) is 5.21. The van der Waals surface area contributed by atoms with Crippen LogP contribution in [-0.4, -0.2) is 23.4 Å². The van der Waals surface area contributed by atoms with E-state index in [0.29, 0.717) is 0 Å². The van der Waals surface area contributed by atoms with Crippen LogP contribution in [0.15, 0.2) is 0 Å². The Hall–Kier alpha value is -1.60. The van der Waals surface area contributed by atoms with Crippen molar-refractivity contribution in [3.63, 3.8) is 0 Å². The summed E-state index contributed by atoms with van der Waals surface area (Å²) < 4.78 is 0. The van der Waals surface area contributed by atoms with Gasteiger partial charge >= 0.3 is 0 Å². The molecule has 0 heterocycles. The third kappa shape index (κ3) is 8.40. The molecule has 8 nitrogen and oxygen atoms in total. The quantitative estimate of drug-likeness (QED) is 0.301. The second-order valence-corrected chi connectivity index (χ2v) is 1.33. The van der Waals surface area contributed by atoms with Crippen molar-refractivity contribution in [3.8, 4) is 0 Å². The van der Waals surface area contributed by atoms with Crippen molar-refractivity contribution in [3.05, 3.63) is 26.6 Å². The zero-order chi connectivity index (χ0) is 8.69. The lowest BCUT2D eigenvalue weighted by atomic mass is 10.5. The smallest absolute Gasteiger partial charge is 0.294 e. The Bertz CT molecular complexity index is 131. The van der Waals surface area contributed by atoms with Gasteiger partial charge in [0.25, 0.3) is 10.2 Å². The Kier molecular flexibility index (Phi) is 4.45. The summed E-state index contributed by atoms with van der Waals surface area (Å²) in [6.45, 7) is -0.637. The number of nitrogens with zero attached hydrogens (tertiary/aromatic N) is 2. The molecule has 0 spiro atoms. The Morgan fingerprint density at radius 3 is 1.73 bits per heavy atom. The second-order valence-electron chi connectivity index (χ2n) is 1.33. The van der Waals surface area contributed by atoms with E-state index in [1.807, 2.05) is 0 Å². The van der Waals surface area contributed by atoms with Crippen LogP contribution in [-0.2, 0) is 9.68 Å². The van der Waals surface area contributed by atoms with Crippen molar-refractivity contribution in [2.24, 2.45) is 0 Å². The van der Waals surface area contributed by atoms with Gasteiger partial charge in [-0.05, 0) is 0 Å². The fraction of sp³-hybridized carbons (Fsp3) is 0.667. The number of hydrogen-bond donors (Lipinski definition) is 0. The maximum atomic E-state index is 9.48. The summed E-state index contributed by atoms with van der Waals surface area (Å²) in [4.78, 5) is 26.5. The summed E-state index contributed by atoms with van der Waals surface area (Å²) in [6.07, 6.45) is 1.12. The molecule has 1 radical (unpaired) electrons. The van der Waals surface area contributed by atoms with Crippen molar-refractivity contribution < 1.29 is 19.8 Å². The Morgan fingerprint density at radius 1 is 1.09 bits per heavy atom. The van der Waals surface area contributed by atoms with Crippen LogP contribution in [0.4, 0.5) is 0 Å². The highest BCUT2D eigenvalue weighted by molar-refractivity contribution is 4.58. The minimum atomic E-state index is -0.997. The van der Waals surface area contributed by atoms with Crippen LogP contribution < -0.4 is 0 Å². The molecule has 0 aromatic heterocycles. The molecule has 0 aromatic rings. The predicted molar refractivity (Wildman–Crippen MR) is 30.2 cm³/mol. The van der Waals surface area contributed by atoms with Crippen LogP contribution in [0, 0.1) is 26.6 Å².